The summed E-state index contributed by atoms with van der Waals surface area (Å²) in [5, 5.41) is 11.9. The van der Waals surface area contributed by atoms with Gasteiger partial charge in [-0.2, -0.15) is 0 Å². The molecule has 2 rings (SSSR count). The summed E-state index contributed by atoms with van der Waals surface area (Å²) in [6.07, 6.45) is 0. The van der Waals surface area contributed by atoms with Gasteiger partial charge < -0.3 is 14.8 Å². The molecule has 0 amide bonds. The molecular formula is C13H11ClFNO3. The van der Waals surface area contributed by atoms with E-state index in [0.29, 0.717) is 11.5 Å². The summed E-state index contributed by atoms with van der Waals surface area (Å²) >= 11 is 5.86. The number of hydrogen-bond acceptors (Lipinski definition) is 3. The lowest BCUT2D eigenvalue weighted by Crippen LogP contribution is -2.01. The number of carboxylic acids is 1. The molecule has 0 aliphatic carbocycles. The van der Waals surface area contributed by atoms with Crippen molar-refractivity contribution in [2.24, 2.45) is 0 Å². The molecule has 0 aliphatic heterocycles. The van der Waals surface area contributed by atoms with E-state index in [0.717, 1.165) is 0 Å². The number of carbonyl (C=O) groups is 1. The largest absolute Gasteiger partial charge is 0.478 e. The number of aromatic carboxylic acids is 1. The maximum Gasteiger partial charge on any atom is 0.339 e. The van der Waals surface area contributed by atoms with Gasteiger partial charge in [0.2, 0.25) is 0 Å². The zero-order valence-corrected chi connectivity index (χ0v) is 10.8. The van der Waals surface area contributed by atoms with E-state index in [2.05, 4.69) is 5.32 Å². The normalized spacial score (nSPS) is 10.5. The Morgan fingerprint density at radius 2 is 2.26 bits per heavy atom. The van der Waals surface area contributed by atoms with Gasteiger partial charge in [0.05, 0.1) is 17.3 Å². The van der Waals surface area contributed by atoms with E-state index in [9.17, 15) is 9.18 Å². The molecule has 2 N–H and O–H groups in total. The van der Waals surface area contributed by atoms with E-state index >= 15 is 0 Å². The van der Waals surface area contributed by atoms with Crippen molar-refractivity contribution in [3.63, 3.8) is 0 Å². The van der Waals surface area contributed by atoms with Crippen molar-refractivity contribution in [3.05, 3.63) is 52.2 Å². The molecule has 0 saturated heterocycles. The van der Waals surface area contributed by atoms with Gasteiger partial charge in [0, 0.05) is 0 Å². The lowest BCUT2D eigenvalue weighted by molar-refractivity contribution is 0.0695. The van der Waals surface area contributed by atoms with Gasteiger partial charge in [-0.05, 0) is 25.1 Å². The average Bonchev–Trinajstić information content (AvgIpc) is 2.70. The van der Waals surface area contributed by atoms with E-state index in [4.69, 9.17) is 21.1 Å². The summed E-state index contributed by atoms with van der Waals surface area (Å²) in [7, 11) is 0. The second-order valence-electron chi connectivity index (χ2n) is 3.94. The maximum atomic E-state index is 13.5. The highest BCUT2D eigenvalue weighted by Crippen LogP contribution is 2.25. The third-order valence-corrected chi connectivity index (χ3v) is 2.92. The van der Waals surface area contributed by atoms with Crippen LogP contribution in [0.15, 0.2) is 28.7 Å². The highest BCUT2D eigenvalue weighted by Gasteiger charge is 2.14. The number of benzene rings is 1. The fourth-order valence-electron chi connectivity index (χ4n) is 1.69. The number of nitrogens with one attached hydrogen (secondary N) is 1. The van der Waals surface area contributed by atoms with Gasteiger partial charge >= 0.3 is 5.97 Å². The zero-order chi connectivity index (χ0) is 14.0. The summed E-state index contributed by atoms with van der Waals surface area (Å²) < 4.78 is 18.8. The Balaban J connectivity index is 2.15. The summed E-state index contributed by atoms with van der Waals surface area (Å²) in [4.78, 5) is 10.9. The SMILES string of the molecule is Cc1oc(CNc2c(F)cccc2Cl)cc1C(=O)O. The van der Waals surface area contributed by atoms with E-state index in [1.165, 1.54) is 18.2 Å². The topological polar surface area (TPSA) is 62.5 Å². The van der Waals surface area contributed by atoms with Crippen LogP contribution in [0.2, 0.25) is 5.02 Å². The van der Waals surface area contributed by atoms with Crippen LogP contribution < -0.4 is 5.32 Å². The molecule has 0 spiro atoms. The van der Waals surface area contributed by atoms with Crippen molar-refractivity contribution in [2.75, 3.05) is 5.32 Å². The standard InChI is InChI=1S/C13H11ClFNO3/c1-7-9(13(17)18)5-8(19-7)6-16-12-10(14)3-2-4-11(12)15/h2-5,16H,6H2,1H3,(H,17,18). The van der Waals surface area contributed by atoms with Gasteiger partial charge in [-0.1, -0.05) is 17.7 Å². The Morgan fingerprint density at radius 3 is 2.84 bits per heavy atom. The smallest absolute Gasteiger partial charge is 0.339 e. The number of aryl methyl sites for hydroxylation is 1. The Kier molecular flexibility index (Phi) is 3.76. The number of hydrogen-bond donors (Lipinski definition) is 2. The Hall–Kier alpha value is -2.01. The van der Waals surface area contributed by atoms with E-state index in [1.807, 2.05) is 0 Å². The third-order valence-electron chi connectivity index (χ3n) is 2.60. The predicted molar refractivity (Wildman–Crippen MR) is 69.1 cm³/mol. The molecule has 2 aromatic rings. The third kappa shape index (κ3) is 2.88. The predicted octanol–water partition coefficient (Wildman–Crippen LogP) is 3.69. The Labute approximate surface area is 113 Å². The molecule has 100 valence electrons. The van der Waals surface area contributed by atoms with Gasteiger partial charge in [-0.15, -0.1) is 0 Å². The minimum absolute atomic E-state index is 0.0939. The quantitative estimate of drug-likeness (QED) is 0.898. The monoisotopic (exact) mass is 283 g/mol. The molecule has 0 fully saturated rings. The van der Waals surface area contributed by atoms with Gasteiger partial charge in [0.25, 0.3) is 0 Å². The van der Waals surface area contributed by atoms with Crippen molar-refractivity contribution in [1.29, 1.82) is 0 Å². The van der Waals surface area contributed by atoms with Crippen LogP contribution >= 0.6 is 11.6 Å². The van der Waals surface area contributed by atoms with E-state index in [1.54, 1.807) is 13.0 Å². The molecule has 1 aromatic carbocycles. The van der Waals surface area contributed by atoms with Crippen LogP contribution in [0.25, 0.3) is 0 Å². The lowest BCUT2D eigenvalue weighted by atomic mass is 10.2. The molecule has 0 radical (unpaired) electrons. The highest BCUT2D eigenvalue weighted by atomic mass is 35.5. The molecule has 0 saturated carbocycles. The van der Waals surface area contributed by atoms with Crippen LogP contribution in [0.3, 0.4) is 0 Å². The Morgan fingerprint density at radius 1 is 1.53 bits per heavy atom. The summed E-state index contributed by atoms with van der Waals surface area (Å²) in [5.74, 6) is -0.830. The average molecular weight is 284 g/mol. The first-order valence-corrected chi connectivity index (χ1v) is 5.87. The van der Waals surface area contributed by atoms with Crippen LogP contribution in [-0.4, -0.2) is 11.1 Å². The molecule has 0 bridgehead atoms. The number of anilines is 1. The lowest BCUT2D eigenvalue weighted by Gasteiger charge is -2.07. The molecule has 0 atom stereocenters. The van der Waals surface area contributed by atoms with Crippen molar-refractivity contribution < 1.29 is 18.7 Å². The zero-order valence-electron chi connectivity index (χ0n) is 10.0. The number of halogens is 2. The molecule has 19 heavy (non-hydrogen) atoms. The van der Waals surface area contributed by atoms with E-state index in [-0.39, 0.29) is 22.8 Å². The number of carboxylic acid groups (broad SMARTS) is 1. The summed E-state index contributed by atoms with van der Waals surface area (Å²) in [6, 6.07) is 5.75. The summed E-state index contributed by atoms with van der Waals surface area (Å²) in [6.45, 7) is 1.71. The van der Waals surface area contributed by atoms with Crippen LogP contribution in [-0.2, 0) is 6.54 Å². The second-order valence-corrected chi connectivity index (χ2v) is 4.35. The van der Waals surface area contributed by atoms with Crippen molar-refractivity contribution in [1.82, 2.24) is 0 Å². The molecule has 0 aliphatic rings. The minimum Gasteiger partial charge on any atom is -0.478 e. The molecule has 1 aromatic heterocycles. The highest BCUT2D eigenvalue weighted by molar-refractivity contribution is 6.33. The van der Waals surface area contributed by atoms with Crippen molar-refractivity contribution >= 4 is 23.3 Å². The molecule has 1 heterocycles. The van der Waals surface area contributed by atoms with Crippen molar-refractivity contribution in [3.8, 4) is 0 Å². The van der Waals surface area contributed by atoms with Gasteiger partial charge in [-0.25, -0.2) is 9.18 Å². The molecule has 4 nitrogen and oxygen atoms in total. The molecule has 6 heteroatoms. The van der Waals surface area contributed by atoms with Crippen LogP contribution in [0.5, 0.6) is 0 Å². The molecular weight excluding hydrogens is 273 g/mol. The fourth-order valence-corrected chi connectivity index (χ4v) is 1.92. The van der Waals surface area contributed by atoms with Crippen LogP contribution in [0, 0.1) is 12.7 Å². The first kappa shape index (κ1) is 13.4. The van der Waals surface area contributed by atoms with Crippen LogP contribution in [0.4, 0.5) is 10.1 Å². The van der Waals surface area contributed by atoms with Crippen LogP contribution in [0.1, 0.15) is 21.9 Å². The van der Waals surface area contributed by atoms with Gasteiger partial charge in [0.15, 0.2) is 0 Å². The van der Waals surface area contributed by atoms with Gasteiger partial charge in [0.1, 0.15) is 22.9 Å². The number of para-hydroxylation sites is 1. The first-order valence-electron chi connectivity index (χ1n) is 5.49. The van der Waals surface area contributed by atoms with Gasteiger partial charge in [-0.3, -0.25) is 0 Å². The summed E-state index contributed by atoms with van der Waals surface area (Å²) in [5.41, 5.74) is 0.256. The number of furan rings is 1. The molecule has 0 unspecified atom stereocenters. The van der Waals surface area contributed by atoms with E-state index < -0.39 is 11.8 Å². The number of rotatable bonds is 4. The first-order chi connectivity index (χ1) is 8.99. The minimum atomic E-state index is -1.06. The Bertz CT molecular complexity index is 604. The second kappa shape index (κ2) is 5.32. The maximum absolute atomic E-state index is 13.5. The fraction of sp³-hybridized carbons (Fsp3) is 0.154. The van der Waals surface area contributed by atoms with Crippen molar-refractivity contribution in [2.45, 2.75) is 13.5 Å².